The number of urea groups is 1. The lowest BCUT2D eigenvalue weighted by Gasteiger charge is -2.66. The zero-order chi connectivity index (χ0) is 71.5. The number of para-hydroxylation sites is 1. The first-order chi connectivity index (χ1) is 48.4. The van der Waals surface area contributed by atoms with Gasteiger partial charge in [0.1, 0.15) is 30.7 Å². The summed E-state index contributed by atoms with van der Waals surface area (Å²) in [6.07, 6.45) is 6.02. The van der Waals surface area contributed by atoms with Crippen LogP contribution in [0.4, 0.5) is 26.1 Å². The summed E-state index contributed by atoms with van der Waals surface area (Å²) in [5, 5.41) is 65.6. The van der Waals surface area contributed by atoms with E-state index in [1.54, 1.807) is 42.4 Å². The Morgan fingerprint density at radius 2 is 1.66 bits per heavy atom. The Kier molecular flexibility index (Phi) is 21.2. The van der Waals surface area contributed by atoms with Gasteiger partial charge in [-0.05, 0) is 153 Å². The molecule has 3 bridgehead atoms. The lowest BCUT2D eigenvalue weighted by molar-refractivity contribution is -0.271. The molecule has 6 aromatic rings. The Balaban J connectivity index is 0.654. The smallest absolute Gasteiger partial charge is 0.409 e. The third kappa shape index (κ3) is 15.9. The van der Waals surface area contributed by atoms with E-state index in [0.29, 0.717) is 71.3 Å². The van der Waals surface area contributed by atoms with Crippen LogP contribution < -0.4 is 25.6 Å². The maximum absolute atomic E-state index is 13.8. The number of carbonyl (C=O) groups excluding carboxylic acids is 6. The maximum atomic E-state index is 13.8. The monoisotopic (exact) mass is 1400 g/mol. The zero-order valence-corrected chi connectivity index (χ0v) is 57.5. The van der Waals surface area contributed by atoms with E-state index >= 15 is 0 Å². The van der Waals surface area contributed by atoms with Crippen LogP contribution in [0.3, 0.4) is 0 Å². The number of benzene rings is 3. The number of nitrogens with zero attached hydrogens (tertiary/aromatic N) is 7. The Bertz CT molecular complexity index is 4200. The highest BCUT2D eigenvalue weighted by atomic mass is 32.1. The van der Waals surface area contributed by atoms with Crippen molar-refractivity contribution >= 4 is 91.8 Å². The Morgan fingerprint density at radius 3 is 2.45 bits per heavy atom. The number of hydrogen-bond acceptors (Lipinski definition) is 19. The number of aliphatic hydroxyl groups is 3. The number of rotatable bonds is 26. The molecule has 3 aromatic carbocycles. The van der Waals surface area contributed by atoms with Crippen molar-refractivity contribution in [2.24, 2.45) is 22.2 Å². The number of carboxylic acid groups (broad SMARTS) is 2. The van der Waals surface area contributed by atoms with Gasteiger partial charge < -0.3 is 60.0 Å². The second kappa shape index (κ2) is 30.0. The van der Waals surface area contributed by atoms with Crippen LogP contribution in [0.2, 0.25) is 0 Å². The highest BCUT2D eigenvalue weighted by Crippen LogP contribution is 2.69. The van der Waals surface area contributed by atoms with Crippen molar-refractivity contribution in [1.82, 2.24) is 34.9 Å². The van der Waals surface area contributed by atoms with Crippen molar-refractivity contribution in [1.29, 1.82) is 0 Å². The number of anilines is 3. The molecule has 10 atom stereocenters. The molecular weight excluding hydrogens is 1320 g/mol. The third-order valence-corrected chi connectivity index (χ3v) is 21.5. The van der Waals surface area contributed by atoms with Gasteiger partial charge in [0.05, 0.1) is 40.5 Å². The highest BCUT2D eigenvalue weighted by Gasteiger charge is 2.62. The minimum Gasteiger partial charge on any atom is -0.479 e. The van der Waals surface area contributed by atoms with Gasteiger partial charge in [-0.1, -0.05) is 68.0 Å². The van der Waals surface area contributed by atoms with Crippen LogP contribution in [0.1, 0.15) is 118 Å². The summed E-state index contributed by atoms with van der Waals surface area (Å²) in [7, 11) is 1.63. The molecule has 1 saturated heterocycles. The topological polar surface area (TPSA) is 364 Å². The first-order valence-electron chi connectivity index (χ1n) is 34.2. The van der Waals surface area contributed by atoms with Crippen molar-refractivity contribution in [2.45, 2.75) is 148 Å². The molecule has 4 fully saturated rings. The van der Waals surface area contributed by atoms with Crippen molar-refractivity contribution < 1.29 is 82.8 Å². The van der Waals surface area contributed by atoms with Gasteiger partial charge in [0.2, 0.25) is 18.1 Å². The van der Waals surface area contributed by atoms with Crippen LogP contribution in [0.5, 0.6) is 5.75 Å². The molecule has 5 unspecified atom stereocenters. The molecule has 7 amide bonds. The van der Waals surface area contributed by atoms with E-state index in [9.17, 15) is 63.9 Å². The third-order valence-electron chi connectivity index (χ3n) is 20.6. The number of ether oxygens (including phenoxy) is 4. The molecule has 0 spiro atoms. The Hall–Kier alpha value is -9.45. The number of unbranched alkanes of at least 4 members (excludes halogenated alkanes) is 2. The number of hydrogen-bond donors (Lipinski definition) is 8. The first kappa shape index (κ1) is 71.4. The molecule has 0 radical (unpaired) electrons. The predicted molar refractivity (Wildman–Crippen MR) is 371 cm³/mol. The summed E-state index contributed by atoms with van der Waals surface area (Å²) >= 11 is 1.41. The standard InChI is InChI=1S/C73H84N10O17S/c1-42-47(46-20-21-49(77-60(46)65(91)92)45-19-18-44-13-10-30-81(52(44)35-45)69(95)79-68-78-50-14-7-8-15-55(50)101-68)37-75-83(42)41-73-36-54(48-25-27-71(2,39-73)38-72(48,3)40-73)97-33-31-80(4)70(96)98-32-11-12-43-17-22-53(99-67-63(90)61(88)62(89)64(100-67)66(93)94)51(34-43)76-57(85)26-28-74-56(84)16-6-5-9-29-82-58(86)23-24-59(82)87/h7-8,11-12,14-15,17-24,34-35,37,48,54,61-64,67,88-90H,5-6,9-10,13,16,25-33,36,38-41H2,1-4H3,(H,74,84)(H,76,85)(H,91,92)(H,93,94)(H,78,79,95)/b12-11+/t48?,54?,61-,62-,63+,64-,67+,71?,72?,73?/m0/s1. The number of pyridine rings is 1. The second-order valence-corrected chi connectivity index (χ2v) is 29.1. The Morgan fingerprint density at radius 1 is 0.861 bits per heavy atom. The van der Waals surface area contributed by atoms with Crippen molar-refractivity contribution in [3.8, 4) is 28.1 Å². The number of likely N-dealkylation sites (N-methyl/N-ethyl adjacent to an activating group) is 1. The van der Waals surface area contributed by atoms with Gasteiger partial charge in [-0.2, -0.15) is 5.10 Å². The number of aliphatic carboxylic acids is 1. The van der Waals surface area contributed by atoms with E-state index in [2.05, 4.69) is 34.8 Å². The molecule has 101 heavy (non-hydrogen) atoms. The van der Waals surface area contributed by atoms with Crippen LogP contribution in [0.15, 0.2) is 97.2 Å². The van der Waals surface area contributed by atoms with Crippen molar-refractivity contribution in [3.63, 3.8) is 0 Å². The first-order valence-corrected chi connectivity index (χ1v) is 35.0. The number of carboxylic acids is 2. The largest absolute Gasteiger partial charge is 0.479 e. The van der Waals surface area contributed by atoms with Crippen molar-refractivity contribution in [3.05, 3.63) is 120 Å². The minimum atomic E-state index is -1.98. The van der Waals surface area contributed by atoms with E-state index in [1.165, 1.54) is 40.5 Å². The molecule has 3 aliphatic carbocycles. The molecule has 27 nitrogen and oxygen atoms in total. The molecule has 28 heteroatoms. The number of fused-ring (bicyclic) bond motifs is 4. The number of thiazole rings is 1. The molecule has 12 rings (SSSR count). The average molecular weight is 1410 g/mol. The average Bonchev–Trinajstić information content (AvgIpc) is 0.835. The number of amides is 7. The normalized spacial score (nSPS) is 25.1. The van der Waals surface area contributed by atoms with Gasteiger partial charge in [-0.25, -0.2) is 29.1 Å². The van der Waals surface area contributed by atoms with Crippen LogP contribution in [-0.4, -0.2) is 186 Å². The molecule has 3 aromatic heterocycles. The fraction of sp³-hybridized carbons (Fsp3) is 0.466. The van der Waals surface area contributed by atoms with Gasteiger partial charge in [-0.3, -0.25) is 39.0 Å². The van der Waals surface area contributed by atoms with Crippen LogP contribution in [-0.2, 0) is 51.1 Å². The molecule has 3 aliphatic heterocycles. The van der Waals surface area contributed by atoms with Crippen molar-refractivity contribution in [2.75, 3.05) is 62.0 Å². The van der Waals surface area contributed by atoms with Gasteiger partial charge in [-0.15, -0.1) is 0 Å². The maximum Gasteiger partial charge on any atom is 0.409 e. The number of aryl methyl sites for hydroxylation is 1. The zero-order valence-electron chi connectivity index (χ0n) is 56.7. The van der Waals surface area contributed by atoms with E-state index in [4.69, 9.17) is 29.0 Å². The van der Waals surface area contributed by atoms with Crippen LogP contribution in [0, 0.1) is 29.1 Å². The summed E-state index contributed by atoms with van der Waals surface area (Å²) < 4.78 is 26.6. The molecular formula is C73H84N10O17S. The number of nitrogens with one attached hydrogen (secondary N) is 3. The van der Waals surface area contributed by atoms with Gasteiger partial charge in [0, 0.05) is 92.8 Å². The predicted octanol–water partition coefficient (Wildman–Crippen LogP) is 8.58. The SMILES string of the molecule is Cc1c(-c2ccc(-c3ccc4c(c3)N(C(=O)Nc3nc5ccccc5s3)CCC4)nc2C(=O)O)cnn1CC12CC(OCCN(C)C(=O)OC/C=C/c3ccc(O[C@@H]4O[C@H](C(=O)O)[C@@H](O)[C@H](O)[C@H]4O)c(NC(=O)CCNC(=O)CCCCCN4C(=O)C=CC4=O)c3)C3CCC(C)(C1)CC3(C)C2. The molecule has 8 N–H and O–H groups in total. The van der Waals surface area contributed by atoms with E-state index in [1.807, 2.05) is 60.1 Å². The summed E-state index contributed by atoms with van der Waals surface area (Å²) in [6, 6.07) is 21.3. The minimum absolute atomic E-state index is 0.0194. The second-order valence-electron chi connectivity index (χ2n) is 28.1. The Labute approximate surface area is 586 Å². The molecule has 6 heterocycles. The quantitative estimate of drug-likeness (QED) is 0.0186. The highest BCUT2D eigenvalue weighted by molar-refractivity contribution is 7.22. The summed E-state index contributed by atoms with van der Waals surface area (Å²) in [6.45, 7) is 8.40. The van der Waals surface area contributed by atoms with Crippen LogP contribution >= 0.6 is 11.3 Å². The van der Waals surface area contributed by atoms with Gasteiger partial charge in [0.15, 0.2) is 16.9 Å². The number of aromatic carboxylic acids is 1. The van der Waals surface area contributed by atoms with E-state index in [0.717, 1.165) is 83.4 Å². The van der Waals surface area contributed by atoms with Crippen LogP contribution in [0.25, 0.3) is 38.7 Å². The fourth-order valence-corrected chi connectivity index (χ4v) is 17.0. The van der Waals surface area contributed by atoms with Gasteiger partial charge in [0.25, 0.3) is 11.8 Å². The number of aliphatic hydroxyl groups excluding tert-OH is 3. The number of imide groups is 1. The molecule has 3 saturated carbocycles. The number of aromatic nitrogens is 4. The number of carbonyl (C=O) groups is 8. The molecule has 6 aliphatic rings. The summed E-state index contributed by atoms with van der Waals surface area (Å²) in [5.41, 5.74) is 5.89. The fourth-order valence-electron chi connectivity index (χ4n) is 16.1. The summed E-state index contributed by atoms with van der Waals surface area (Å²) in [4.78, 5) is 115. The lowest BCUT2D eigenvalue weighted by Crippen LogP contribution is -2.61. The lowest BCUT2D eigenvalue weighted by atomic mass is 9.41. The van der Waals surface area contributed by atoms with Gasteiger partial charge >= 0.3 is 24.1 Å². The summed E-state index contributed by atoms with van der Waals surface area (Å²) in [5.74, 6) is -4.24. The van der Waals surface area contributed by atoms with E-state index in [-0.39, 0.29) is 109 Å². The molecule has 534 valence electrons. The van der Waals surface area contributed by atoms with E-state index < -0.39 is 54.6 Å².